The summed E-state index contributed by atoms with van der Waals surface area (Å²) in [5.74, 6) is 0.900. The predicted molar refractivity (Wildman–Crippen MR) is 59.2 cm³/mol. The summed E-state index contributed by atoms with van der Waals surface area (Å²) in [5.41, 5.74) is 6.65. The maximum absolute atomic E-state index is 5.59. The summed E-state index contributed by atoms with van der Waals surface area (Å²) in [5, 5.41) is 3.26. The molecule has 0 aromatic carbocycles. The number of nitrogens with two attached hydrogens (primary N) is 1. The van der Waals surface area contributed by atoms with Gasteiger partial charge in [0, 0.05) is 31.4 Å². The highest BCUT2D eigenvalue weighted by molar-refractivity contribution is 5.43. The Hall–Kier alpha value is -1.13. The molecule has 3 N–H and O–H groups in total. The first-order chi connectivity index (χ1) is 6.74. The molecule has 0 amide bonds. The third-order valence-corrected chi connectivity index (χ3v) is 1.96. The Morgan fingerprint density at radius 1 is 1.50 bits per heavy atom. The van der Waals surface area contributed by atoms with Crippen LogP contribution in [0.4, 0.5) is 5.82 Å². The summed E-state index contributed by atoms with van der Waals surface area (Å²) < 4.78 is 0. The summed E-state index contributed by atoms with van der Waals surface area (Å²) in [6, 6.07) is 3.89. The molecule has 0 fully saturated rings. The van der Waals surface area contributed by atoms with Crippen molar-refractivity contribution in [3.05, 3.63) is 23.9 Å². The van der Waals surface area contributed by atoms with Crippen LogP contribution in [0, 0.1) is 0 Å². The number of nitrogens with one attached hydrogen (secondary N) is 1. The molecule has 1 heterocycles. The summed E-state index contributed by atoms with van der Waals surface area (Å²) >= 11 is 0. The Bertz CT molecular complexity index is 273. The monoisotopic (exact) mass is 194 g/mol. The van der Waals surface area contributed by atoms with Crippen LogP contribution in [0.15, 0.2) is 18.3 Å². The molecule has 0 saturated carbocycles. The largest absolute Gasteiger partial charge is 0.369 e. The molecule has 0 saturated heterocycles. The zero-order chi connectivity index (χ0) is 10.4. The van der Waals surface area contributed by atoms with E-state index in [9.17, 15) is 0 Å². The van der Waals surface area contributed by atoms with Crippen LogP contribution in [-0.4, -0.2) is 37.1 Å². The number of likely N-dealkylation sites (N-methyl/N-ethyl adjacent to an activating group) is 1. The predicted octanol–water partition coefficient (Wildman–Crippen LogP) is 0.514. The van der Waals surface area contributed by atoms with E-state index in [2.05, 4.69) is 15.2 Å². The molecule has 1 rings (SSSR count). The molecule has 78 valence electrons. The topological polar surface area (TPSA) is 54.2 Å². The van der Waals surface area contributed by atoms with Crippen molar-refractivity contribution in [2.75, 3.05) is 32.5 Å². The normalized spacial score (nSPS) is 10.6. The number of nitrogens with zero attached hydrogens (tertiary/aromatic N) is 2. The fourth-order valence-corrected chi connectivity index (χ4v) is 1.16. The molecule has 1 aromatic rings. The summed E-state index contributed by atoms with van der Waals surface area (Å²) in [4.78, 5) is 6.36. The van der Waals surface area contributed by atoms with Crippen LogP contribution in [0.3, 0.4) is 0 Å². The zero-order valence-electron chi connectivity index (χ0n) is 8.83. The Morgan fingerprint density at radius 2 is 2.29 bits per heavy atom. The molecular formula is C10H18N4. The van der Waals surface area contributed by atoms with E-state index < -0.39 is 0 Å². The molecule has 0 aliphatic rings. The Kier molecular flexibility index (Phi) is 4.35. The van der Waals surface area contributed by atoms with Crippen LogP contribution in [0.2, 0.25) is 0 Å². The smallest absolute Gasteiger partial charge is 0.130 e. The summed E-state index contributed by atoms with van der Waals surface area (Å²) in [6.45, 7) is 2.40. The molecular weight excluding hydrogens is 176 g/mol. The molecule has 0 radical (unpaired) electrons. The van der Waals surface area contributed by atoms with Crippen molar-refractivity contribution in [3.8, 4) is 0 Å². The van der Waals surface area contributed by atoms with Crippen LogP contribution in [-0.2, 0) is 6.54 Å². The van der Waals surface area contributed by atoms with Gasteiger partial charge in [0.1, 0.15) is 5.82 Å². The fraction of sp³-hybridized carbons (Fsp3) is 0.500. The van der Waals surface area contributed by atoms with Crippen molar-refractivity contribution in [2.45, 2.75) is 6.54 Å². The Morgan fingerprint density at radius 3 is 2.93 bits per heavy atom. The first kappa shape index (κ1) is 10.9. The van der Waals surface area contributed by atoms with Crippen LogP contribution in [0.1, 0.15) is 5.56 Å². The summed E-state index contributed by atoms with van der Waals surface area (Å²) in [6.07, 6.45) is 1.77. The van der Waals surface area contributed by atoms with Gasteiger partial charge in [0.2, 0.25) is 0 Å². The third kappa shape index (κ3) is 3.32. The van der Waals surface area contributed by atoms with Crippen LogP contribution in [0.5, 0.6) is 0 Å². The Labute approximate surface area is 85.1 Å². The van der Waals surface area contributed by atoms with Gasteiger partial charge >= 0.3 is 0 Å². The minimum atomic E-state index is 0.526. The first-order valence-corrected chi connectivity index (χ1v) is 4.76. The quantitative estimate of drug-likeness (QED) is 0.717. The van der Waals surface area contributed by atoms with Gasteiger partial charge in [-0.15, -0.1) is 0 Å². The second-order valence-electron chi connectivity index (χ2n) is 3.45. The van der Waals surface area contributed by atoms with Crippen molar-refractivity contribution < 1.29 is 0 Å². The van der Waals surface area contributed by atoms with Gasteiger partial charge in [-0.05, 0) is 20.2 Å². The van der Waals surface area contributed by atoms with E-state index in [4.69, 9.17) is 5.73 Å². The molecule has 0 bridgehead atoms. The lowest BCUT2D eigenvalue weighted by Crippen LogP contribution is -2.21. The van der Waals surface area contributed by atoms with E-state index >= 15 is 0 Å². The average Bonchev–Trinajstić information content (AvgIpc) is 2.18. The average molecular weight is 194 g/mol. The second-order valence-corrected chi connectivity index (χ2v) is 3.45. The van der Waals surface area contributed by atoms with E-state index in [1.165, 1.54) is 0 Å². The van der Waals surface area contributed by atoms with Gasteiger partial charge in [-0.3, -0.25) is 0 Å². The van der Waals surface area contributed by atoms with E-state index in [1.807, 2.05) is 26.2 Å². The van der Waals surface area contributed by atoms with E-state index in [0.29, 0.717) is 6.54 Å². The molecule has 14 heavy (non-hydrogen) atoms. The lowest BCUT2D eigenvalue weighted by molar-refractivity contribution is 0.425. The molecule has 0 atom stereocenters. The molecule has 0 aliphatic heterocycles. The van der Waals surface area contributed by atoms with Gasteiger partial charge in [-0.2, -0.15) is 0 Å². The van der Waals surface area contributed by atoms with E-state index in [0.717, 1.165) is 24.5 Å². The van der Waals surface area contributed by atoms with Crippen LogP contribution >= 0.6 is 0 Å². The SMILES string of the molecule is CN(C)CCNc1ncccc1CN. The number of pyridine rings is 1. The van der Waals surface area contributed by atoms with Crippen molar-refractivity contribution >= 4 is 5.82 Å². The fourth-order valence-electron chi connectivity index (χ4n) is 1.16. The standard InChI is InChI=1S/C10H18N4/c1-14(2)7-6-13-10-9(8-11)4-3-5-12-10/h3-5H,6-8,11H2,1-2H3,(H,12,13). The first-order valence-electron chi connectivity index (χ1n) is 4.76. The van der Waals surface area contributed by atoms with Crippen molar-refractivity contribution in [3.63, 3.8) is 0 Å². The highest BCUT2D eigenvalue weighted by Crippen LogP contribution is 2.09. The molecule has 1 aromatic heterocycles. The summed E-state index contributed by atoms with van der Waals surface area (Å²) in [7, 11) is 4.09. The van der Waals surface area contributed by atoms with E-state index in [-0.39, 0.29) is 0 Å². The number of hydrogen-bond donors (Lipinski definition) is 2. The highest BCUT2D eigenvalue weighted by Gasteiger charge is 1.99. The lowest BCUT2D eigenvalue weighted by atomic mass is 10.2. The van der Waals surface area contributed by atoms with Gasteiger partial charge in [0.15, 0.2) is 0 Å². The van der Waals surface area contributed by atoms with Crippen molar-refractivity contribution in [1.29, 1.82) is 0 Å². The highest BCUT2D eigenvalue weighted by atomic mass is 15.1. The van der Waals surface area contributed by atoms with Gasteiger partial charge in [-0.1, -0.05) is 6.07 Å². The third-order valence-electron chi connectivity index (χ3n) is 1.96. The Balaban J connectivity index is 2.49. The number of hydrogen-bond acceptors (Lipinski definition) is 4. The van der Waals surface area contributed by atoms with Crippen molar-refractivity contribution in [1.82, 2.24) is 9.88 Å². The number of aromatic nitrogens is 1. The van der Waals surface area contributed by atoms with Gasteiger partial charge in [0.25, 0.3) is 0 Å². The zero-order valence-corrected chi connectivity index (χ0v) is 8.83. The number of rotatable bonds is 5. The minimum absolute atomic E-state index is 0.526. The van der Waals surface area contributed by atoms with Crippen molar-refractivity contribution in [2.24, 2.45) is 5.73 Å². The van der Waals surface area contributed by atoms with Crippen LogP contribution < -0.4 is 11.1 Å². The second kappa shape index (κ2) is 5.57. The molecule has 4 heteroatoms. The lowest BCUT2D eigenvalue weighted by Gasteiger charge is -2.12. The van der Waals surface area contributed by atoms with Crippen LogP contribution in [0.25, 0.3) is 0 Å². The molecule has 0 unspecified atom stereocenters. The van der Waals surface area contributed by atoms with Gasteiger partial charge in [-0.25, -0.2) is 4.98 Å². The van der Waals surface area contributed by atoms with Gasteiger partial charge < -0.3 is 16.0 Å². The molecule has 0 aliphatic carbocycles. The molecule has 4 nitrogen and oxygen atoms in total. The molecule has 0 spiro atoms. The van der Waals surface area contributed by atoms with E-state index in [1.54, 1.807) is 6.20 Å². The van der Waals surface area contributed by atoms with Gasteiger partial charge in [0.05, 0.1) is 0 Å². The number of anilines is 1. The maximum atomic E-state index is 5.59. The maximum Gasteiger partial charge on any atom is 0.130 e. The minimum Gasteiger partial charge on any atom is -0.369 e.